The topological polar surface area (TPSA) is 38.8 Å². The molecule has 0 N–H and O–H groups in total. The Hall–Kier alpha value is -1.36. The highest BCUT2D eigenvalue weighted by atomic mass is 32.2. The first-order valence-corrected chi connectivity index (χ1v) is 9.65. The van der Waals surface area contributed by atoms with E-state index in [0.717, 1.165) is 42.2 Å². The molecule has 1 amide bonds. The highest BCUT2D eigenvalue weighted by Crippen LogP contribution is 2.42. The maximum Gasteiger partial charge on any atom is 0.223 e. The molecule has 1 aromatic carbocycles. The number of carbonyl (C=O) groups excluding carboxylic acids is 1. The first kappa shape index (κ1) is 16.5. The standard InChI is InChI=1S/C18H25NO3S/c1-2-3-4-5-6-17(20)19-9-12-23-18(19)14-7-8-15-16(13-14)22-11-10-21-15/h7-8,13,18H,2-6,9-12H2,1H3/t18-/m0/s1. The minimum Gasteiger partial charge on any atom is -0.486 e. The summed E-state index contributed by atoms with van der Waals surface area (Å²) in [6, 6.07) is 6.06. The minimum absolute atomic E-state index is 0.115. The Labute approximate surface area is 142 Å². The quantitative estimate of drug-likeness (QED) is 0.737. The Morgan fingerprint density at radius 1 is 1.22 bits per heavy atom. The van der Waals surface area contributed by atoms with Crippen LogP contribution in [0.2, 0.25) is 0 Å². The smallest absolute Gasteiger partial charge is 0.223 e. The fourth-order valence-electron chi connectivity index (χ4n) is 3.06. The third-order valence-corrected chi connectivity index (χ3v) is 5.57. The first-order chi connectivity index (χ1) is 11.3. The van der Waals surface area contributed by atoms with Gasteiger partial charge in [-0.15, -0.1) is 11.8 Å². The van der Waals surface area contributed by atoms with Gasteiger partial charge in [-0.1, -0.05) is 32.3 Å². The molecule has 0 unspecified atom stereocenters. The third kappa shape index (κ3) is 3.94. The summed E-state index contributed by atoms with van der Waals surface area (Å²) < 4.78 is 11.3. The molecule has 126 valence electrons. The molecule has 1 atom stereocenters. The molecule has 2 heterocycles. The molecule has 23 heavy (non-hydrogen) atoms. The van der Waals surface area contributed by atoms with Crippen molar-refractivity contribution in [1.82, 2.24) is 4.90 Å². The summed E-state index contributed by atoms with van der Waals surface area (Å²) in [5, 5.41) is 0.115. The number of hydrogen-bond acceptors (Lipinski definition) is 4. The number of nitrogens with zero attached hydrogens (tertiary/aromatic N) is 1. The Morgan fingerprint density at radius 3 is 2.87 bits per heavy atom. The van der Waals surface area contributed by atoms with Gasteiger partial charge in [0.1, 0.15) is 18.6 Å². The van der Waals surface area contributed by atoms with E-state index in [2.05, 4.69) is 13.0 Å². The number of thioether (sulfide) groups is 1. The van der Waals surface area contributed by atoms with Gasteiger partial charge in [-0.3, -0.25) is 4.79 Å². The van der Waals surface area contributed by atoms with Gasteiger partial charge in [-0.25, -0.2) is 0 Å². The van der Waals surface area contributed by atoms with E-state index in [1.165, 1.54) is 12.8 Å². The molecule has 0 radical (unpaired) electrons. The van der Waals surface area contributed by atoms with E-state index >= 15 is 0 Å². The van der Waals surface area contributed by atoms with Crippen molar-refractivity contribution in [2.75, 3.05) is 25.5 Å². The van der Waals surface area contributed by atoms with Crippen molar-refractivity contribution in [2.24, 2.45) is 0 Å². The van der Waals surface area contributed by atoms with E-state index in [1.807, 2.05) is 28.8 Å². The van der Waals surface area contributed by atoms with E-state index in [4.69, 9.17) is 9.47 Å². The van der Waals surface area contributed by atoms with Gasteiger partial charge in [0.05, 0.1) is 0 Å². The third-order valence-electron chi connectivity index (χ3n) is 4.31. The molecule has 1 fully saturated rings. The van der Waals surface area contributed by atoms with Gasteiger partial charge in [0.25, 0.3) is 0 Å². The molecule has 0 bridgehead atoms. The number of carbonyl (C=O) groups is 1. The second kappa shape index (κ2) is 7.95. The number of ether oxygens (including phenoxy) is 2. The van der Waals surface area contributed by atoms with Crippen LogP contribution in [0.4, 0.5) is 0 Å². The molecule has 4 nitrogen and oxygen atoms in total. The molecule has 2 aliphatic rings. The van der Waals surface area contributed by atoms with Crippen molar-refractivity contribution < 1.29 is 14.3 Å². The van der Waals surface area contributed by atoms with Crippen molar-refractivity contribution >= 4 is 17.7 Å². The highest BCUT2D eigenvalue weighted by Gasteiger charge is 2.31. The largest absolute Gasteiger partial charge is 0.486 e. The number of unbranched alkanes of at least 4 members (excludes halogenated alkanes) is 3. The molecule has 2 aliphatic heterocycles. The Bertz CT molecular complexity index is 549. The van der Waals surface area contributed by atoms with E-state index in [9.17, 15) is 4.79 Å². The predicted molar refractivity (Wildman–Crippen MR) is 93.1 cm³/mol. The zero-order valence-corrected chi connectivity index (χ0v) is 14.6. The fraction of sp³-hybridized carbons (Fsp3) is 0.611. The number of rotatable bonds is 6. The van der Waals surface area contributed by atoms with Crippen LogP contribution in [0.15, 0.2) is 18.2 Å². The number of benzene rings is 1. The van der Waals surface area contributed by atoms with Gasteiger partial charge in [0.2, 0.25) is 5.91 Å². The SMILES string of the molecule is CCCCCCC(=O)N1CCS[C@H]1c1ccc2c(c1)OCCO2. The molecule has 5 heteroatoms. The molecule has 1 aromatic rings. The summed E-state index contributed by atoms with van der Waals surface area (Å²) in [6.07, 6.45) is 5.24. The second-order valence-corrected chi connectivity index (χ2v) is 7.21. The van der Waals surface area contributed by atoms with Crippen molar-refractivity contribution in [3.8, 4) is 11.5 Å². The molecule has 0 aromatic heterocycles. The monoisotopic (exact) mass is 335 g/mol. The first-order valence-electron chi connectivity index (χ1n) is 8.60. The molecular formula is C18H25NO3S. The minimum atomic E-state index is 0.115. The Morgan fingerprint density at radius 2 is 2.04 bits per heavy atom. The van der Waals surface area contributed by atoms with Gasteiger partial charge < -0.3 is 14.4 Å². The summed E-state index contributed by atoms with van der Waals surface area (Å²) in [6.45, 7) is 4.23. The van der Waals surface area contributed by atoms with E-state index in [0.29, 0.717) is 19.6 Å². The lowest BCUT2D eigenvalue weighted by molar-refractivity contribution is -0.131. The van der Waals surface area contributed by atoms with Gasteiger partial charge in [0, 0.05) is 18.7 Å². The van der Waals surface area contributed by atoms with Crippen LogP contribution >= 0.6 is 11.8 Å². The number of fused-ring (bicyclic) bond motifs is 1. The molecule has 0 saturated carbocycles. The molecule has 3 rings (SSSR count). The highest BCUT2D eigenvalue weighted by molar-refractivity contribution is 7.99. The van der Waals surface area contributed by atoms with Crippen LogP contribution in [0.3, 0.4) is 0 Å². The van der Waals surface area contributed by atoms with Crippen LogP contribution in [-0.2, 0) is 4.79 Å². The van der Waals surface area contributed by atoms with Gasteiger partial charge in [0.15, 0.2) is 11.5 Å². The summed E-state index contributed by atoms with van der Waals surface area (Å²) >= 11 is 1.84. The van der Waals surface area contributed by atoms with E-state index in [1.54, 1.807) is 0 Å². The van der Waals surface area contributed by atoms with Crippen molar-refractivity contribution in [2.45, 2.75) is 44.4 Å². The van der Waals surface area contributed by atoms with E-state index < -0.39 is 0 Å². The van der Waals surface area contributed by atoms with Crippen molar-refractivity contribution in [3.05, 3.63) is 23.8 Å². The molecular weight excluding hydrogens is 310 g/mol. The van der Waals surface area contributed by atoms with Crippen LogP contribution in [0.25, 0.3) is 0 Å². The molecule has 0 spiro atoms. The van der Waals surface area contributed by atoms with Gasteiger partial charge in [-0.05, 0) is 24.1 Å². The van der Waals surface area contributed by atoms with Crippen molar-refractivity contribution in [3.63, 3.8) is 0 Å². The summed E-state index contributed by atoms with van der Waals surface area (Å²) in [5.74, 6) is 2.89. The summed E-state index contributed by atoms with van der Waals surface area (Å²) in [5.41, 5.74) is 1.14. The summed E-state index contributed by atoms with van der Waals surface area (Å²) in [4.78, 5) is 14.6. The van der Waals surface area contributed by atoms with Gasteiger partial charge in [-0.2, -0.15) is 0 Å². The van der Waals surface area contributed by atoms with Crippen LogP contribution in [0.5, 0.6) is 11.5 Å². The van der Waals surface area contributed by atoms with Gasteiger partial charge >= 0.3 is 0 Å². The Balaban J connectivity index is 1.65. The Kier molecular flexibility index (Phi) is 5.70. The van der Waals surface area contributed by atoms with Crippen LogP contribution in [0, 0.1) is 0 Å². The van der Waals surface area contributed by atoms with Crippen LogP contribution < -0.4 is 9.47 Å². The number of hydrogen-bond donors (Lipinski definition) is 0. The maximum absolute atomic E-state index is 12.5. The lowest BCUT2D eigenvalue weighted by Gasteiger charge is -2.26. The lowest BCUT2D eigenvalue weighted by atomic mass is 10.1. The molecule has 0 aliphatic carbocycles. The predicted octanol–water partition coefficient (Wildman–Crippen LogP) is 4.00. The maximum atomic E-state index is 12.5. The normalized spacial score (nSPS) is 19.9. The lowest BCUT2D eigenvalue weighted by Crippen LogP contribution is -2.30. The zero-order valence-electron chi connectivity index (χ0n) is 13.8. The van der Waals surface area contributed by atoms with E-state index in [-0.39, 0.29) is 11.3 Å². The fourth-order valence-corrected chi connectivity index (χ4v) is 4.33. The van der Waals surface area contributed by atoms with Crippen molar-refractivity contribution in [1.29, 1.82) is 0 Å². The zero-order chi connectivity index (χ0) is 16.1. The average molecular weight is 335 g/mol. The van der Waals surface area contributed by atoms with Crippen LogP contribution in [0.1, 0.15) is 50.0 Å². The summed E-state index contributed by atoms with van der Waals surface area (Å²) in [7, 11) is 0. The number of amides is 1. The second-order valence-electron chi connectivity index (χ2n) is 6.02. The van der Waals surface area contributed by atoms with Crippen LogP contribution in [-0.4, -0.2) is 36.3 Å². The molecule has 1 saturated heterocycles. The average Bonchev–Trinajstić information content (AvgIpc) is 3.08.